The van der Waals surface area contributed by atoms with Crippen molar-refractivity contribution in [3.8, 4) is 0 Å². The number of carbonyl (C=O) groups is 1. The van der Waals surface area contributed by atoms with E-state index in [-0.39, 0.29) is 11.9 Å². The second kappa shape index (κ2) is 7.92. The van der Waals surface area contributed by atoms with Gasteiger partial charge in [0.05, 0.1) is 17.4 Å². The van der Waals surface area contributed by atoms with Crippen molar-refractivity contribution in [1.29, 1.82) is 0 Å². The van der Waals surface area contributed by atoms with Crippen molar-refractivity contribution in [3.05, 3.63) is 66.0 Å². The average molecular weight is 362 g/mol. The number of nitrogens with zero attached hydrogens (tertiary/aromatic N) is 3. The average Bonchev–Trinajstić information content (AvgIpc) is 3.35. The lowest BCUT2D eigenvalue weighted by molar-refractivity contribution is -0.123. The van der Waals surface area contributed by atoms with Gasteiger partial charge in [0.1, 0.15) is 6.04 Å². The third kappa shape index (κ3) is 4.03. The minimum absolute atomic E-state index is 0.00287. The van der Waals surface area contributed by atoms with Crippen LogP contribution in [0.4, 0.5) is 0 Å². The fourth-order valence-corrected chi connectivity index (χ4v) is 3.79. The molecule has 0 radical (unpaired) electrons. The van der Waals surface area contributed by atoms with Gasteiger partial charge in [0, 0.05) is 13.1 Å². The van der Waals surface area contributed by atoms with Crippen molar-refractivity contribution in [2.24, 2.45) is 0 Å². The molecule has 1 fully saturated rings. The van der Waals surface area contributed by atoms with Gasteiger partial charge in [-0.1, -0.05) is 36.4 Å². The topological polar surface area (TPSA) is 50.2 Å². The normalized spacial score (nSPS) is 15.9. The molecule has 1 aliphatic rings. The summed E-state index contributed by atoms with van der Waals surface area (Å²) in [5.74, 6) is 0.00287. The Balaban J connectivity index is 1.38. The lowest BCUT2D eigenvalue weighted by atomic mass is 10.1. The Morgan fingerprint density at radius 1 is 1.11 bits per heavy atom. The zero-order valence-corrected chi connectivity index (χ0v) is 15.8. The maximum Gasteiger partial charge on any atom is 0.243 e. The van der Waals surface area contributed by atoms with E-state index in [9.17, 15) is 4.79 Å². The molecule has 1 aliphatic heterocycles. The molecule has 5 nitrogen and oxygen atoms in total. The molecular formula is C22H26N4O. The Morgan fingerprint density at radius 2 is 1.89 bits per heavy atom. The SMILES string of the molecule is C[C@@H](C(=O)NCc1cccc(CN2CCCC2)c1)n1cnc2ccccc21. The number of hydrogen-bond donors (Lipinski definition) is 1. The number of imidazole rings is 1. The molecule has 1 amide bonds. The summed E-state index contributed by atoms with van der Waals surface area (Å²) >= 11 is 0. The van der Waals surface area contributed by atoms with E-state index in [2.05, 4.69) is 39.5 Å². The lowest BCUT2D eigenvalue weighted by Crippen LogP contribution is -2.30. The highest BCUT2D eigenvalue weighted by molar-refractivity contribution is 5.83. The van der Waals surface area contributed by atoms with Gasteiger partial charge in [0.25, 0.3) is 0 Å². The van der Waals surface area contributed by atoms with Gasteiger partial charge in [0.15, 0.2) is 0 Å². The Labute approximate surface area is 160 Å². The summed E-state index contributed by atoms with van der Waals surface area (Å²) in [5.41, 5.74) is 4.35. The Kier molecular flexibility index (Phi) is 5.21. The number of hydrogen-bond acceptors (Lipinski definition) is 3. The van der Waals surface area contributed by atoms with Crippen LogP contribution >= 0.6 is 0 Å². The van der Waals surface area contributed by atoms with Gasteiger partial charge in [-0.05, 0) is 56.1 Å². The van der Waals surface area contributed by atoms with Crippen LogP contribution in [0, 0.1) is 0 Å². The Hall–Kier alpha value is -2.66. The minimum atomic E-state index is -0.301. The molecule has 2 aromatic carbocycles. The number of carbonyl (C=O) groups excluding carboxylic acids is 1. The summed E-state index contributed by atoms with van der Waals surface area (Å²) in [6.45, 7) is 5.84. The van der Waals surface area contributed by atoms with Crippen molar-refractivity contribution in [3.63, 3.8) is 0 Å². The molecule has 1 atom stereocenters. The number of nitrogens with one attached hydrogen (secondary N) is 1. The molecule has 1 N–H and O–H groups in total. The highest BCUT2D eigenvalue weighted by atomic mass is 16.2. The third-order valence-electron chi connectivity index (χ3n) is 5.34. The van der Waals surface area contributed by atoms with E-state index in [1.54, 1.807) is 6.33 Å². The molecular weight excluding hydrogens is 336 g/mol. The Bertz CT molecular complexity index is 927. The van der Waals surface area contributed by atoms with Gasteiger partial charge in [-0.3, -0.25) is 9.69 Å². The van der Waals surface area contributed by atoms with Gasteiger partial charge in [-0.15, -0.1) is 0 Å². The first-order valence-corrected chi connectivity index (χ1v) is 9.70. The molecule has 5 heteroatoms. The monoisotopic (exact) mass is 362 g/mol. The van der Waals surface area contributed by atoms with E-state index in [0.717, 1.165) is 23.1 Å². The van der Waals surface area contributed by atoms with Crippen LogP contribution < -0.4 is 5.32 Å². The van der Waals surface area contributed by atoms with E-state index in [0.29, 0.717) is 6.54 Å². The summed E-state index contributed by atoms with van der Waals surface area (Å²) in [7, 11) is 0. The second-order valence-corrected chi connectivity index (χ2v) is 7.34. The first-order valence-electron chi connectivity index (χ1n) is 9.70. The maximum absolute atomic E-state index is 12.7. The van der Waals surface area contributed by atoms with Crippen LogP contribution in [-0.4, -0.2) is 33.4 Å². The number of rotatable bonds is 6. The Morgan fingerprint density at radius 3 is 2.74 bits per heavy atom. The summed E-state index contributed by atoms with van der Waals surface area (Å²) < 4.78 is 1.93. The summed E-state index contributed by atoms with van der Waals surface area (Å²) in [5, 5.41) is 3.07. The summed E-state index contributed by atoms with van der Waals surface area (Å²) in [6, 6.07) is 16.1. The molecule has 4 rings (SSSR count). The van der Waals surface area contributed by atoms with E-state index < -0.39 is 0 Å². The number of benzene rings is 2. The highest BCUT2D eigenvalue weighted by Crippen LogP contribution is 2.18. The van der Waals surface area contributed by atoms with E-state index in [4.69, 9.17) is 0 Å². The minimum Gasteiger partial charge on any atom is -0.350 e. The number of likely N-dealkylation sites (tertiary alicyclic amines) is 1. The largest absolute Gasteiger partial charge is 0.350 e. The quantitative estimate of drug-likeness (QED) is 0.730. The van der Waals surface area contributed by atoms with Crippen molar-refractivity contribution in [2.75, 3.05) is 13.1 Å². The van der Waals surface area contributed by atoms with E-state index in [1.807, 2.05) is 35.8 Å². The molecule has 1 saturated heterocycles. The van der Waals surface area contributed by atoms with Gasteiger partial charge < -0.3 is 9.88 Å². The number of amides is 1. The van der Waals surface area contributed by atoms with Crippen LogP contribution in [0.15, 0.2) is 54.9 Å². The fraction of sp³-hybridized carbons (Fsp3) is 0.364. The van der Waals surface area contributed by atoms with Crippen molar-refractivity contribution in [1.82, 2.24) is 19.8 Å². The molecule has 0 unspecified atom stereocenters. The van der Waals surface area contributed by atoms with Gasteiger partial charge in [-0.25, -0.2) is 4.98 Å². The van der Waals surface area contributed by atoms with Crippen LogP contribution in [0.3, 0.4) is 0 Å². The van der Waals surface area contributed by atoms with Crippen molar-refractivity contribution in [2.45, 2.75) is 38.9 Å². The molecule has 2 heterocycles. The van der Waals surface area contributed by atoms with Crippen molar-refractivity contribution < 1.29 is 4.79 Å². The maximum atomic E-state index is 12.7. The van der Waals surface area contributed by atoms with Crippen LogP contribution in [-0.2, 0) is 17.9 Å². The second-order valence-electron chi connectivity index (χ2n) is 7.34. The summed E-state index contributed by atoms with van der Waals surface area (Å²) in [6.07, 6.45) is 4.35. The molecule has 27 heavy (non-hydrogen) atoms. The van der Waals surface area contributed by atoms with Crippen LogP contribution in [0.5, 0.6) is 0 Å². The van der Waals surface area contributed by atoms with Gasteiger partial charge >= 0.3 is 0 Å². The number of aromatic nitrogens is 2. The fourth-order valence-electron chi connectivity index (χ4n) is 3.79. The summed E-state index contributed by atoms with van der Waals surface area (Å²) in [4.78, 5) is 19.5. The third-order valence-corrected chi connectivity index (χ3v) is 5.34. The molecule has 3 aromatic rings. The standard InChI is InChI=1S/C22H26N4O/c1-17(26-16-24-20-9-2-3-10-21(20)26)22(27)23-14-18-7-6-8-19(13-18)15-25-11-4-5-12-25/h2-3,6-10,13,16-17H,4-5,11-12,14-15H2,1H3,(H,23,27)/t17-/m0/s1. The first kappa shape index (κ1) is 17.7. The van der Waals surface area contributed by atoms with Crippen molar-refractivity contribution >= 4 is 16.9 Å². The lowest BCUT2D eigenvalue weighted by Gasteiger charge is -2.16. The highest BCUT2D eigenvalue weighted by Gasteiger charge is 2.17. The molecule has 0 aliphatic carbocycles. The zero-order valence-electron chi connectivity index (χ0n) is 15.8. The molecule has 0 spiro atoms. The predicted molar refractivity (Wildman–Crippen MR) is 107 cm³/mol. The molecule has 0 bridgehead atoms. The molecule has 1 aromatic heterocycles. The molecule has 140 valence electrons. The zero-order chi connectivity index (χ0) is 18.6. The van der Waals surface area contributed by atoms with Crippen LogP contribution in [0.25, 0.3) is 11.0 Å². The molecule has 0 saturated carbocycles. The number of para-hydroxylation sites is 2. The van der Waals surface area contributed by atoms with E-state index in [1.165, 1.54) is 31.5 Å². The van der Waals surface area contributed by atoms with Gasteiger partial charge in [-0.2, -0.15) is 0 Å². The van der Waals surface area contributed by atoms with Crippen LogP contribution in [0.1, 0.15) is 36.9 Å². The van der Waals surface area contributed by atoms with E-state index >= 15 is 0 Å². The number of fused-ring (bicyclic) bond motifs is 1. The van der Waals surface area contributed by atoms with Crippen LogP contribution in [0.2, 0.25) is 0 Å². The predicted octanol–water partition coefficient (Wildman–Crippen LogP) is 3.51. The smallest absolute Gasteiger partial charge is 0.243 e. The van der Waals surface area contributed by atoms with Gasteiger partial charge in [0.2, 0.25) is 5.91 Å². The first-order chi connectivity index (χ1) is 13.2.